The zero-order valence-corrected chi connectivity index (χ0v) is 17.7. The lowest BCUT2D eigenvalue weighted by molar-refractivity contribution is -0.119. The Morgan fingerprint density at radius 1 is 1.48 bits per heavy atom. The van der Waals surface area contributed by atoms with Gasteiger partial charge in [-0.25, -0.2) is 4.98 Å². The second-order valence-electron chi connectivity index (χ2n) is 6.07. The molecule has 0 aliphatic carbocycles. The molecular weight excluding hydrogens is 398 g/mol. The number of rotatable bonds is 8. The van der Waals surface area contributed by atoms with Gasteiger partial charge in [-0.1, -0.05) is 30.8 Å². The monoisotopic (exact) mass is 419 g/mol. The molecule has 1 atom stereocenters. The van der Waals surface area contributed by atoms with Crippen molar-refractivity contribution in [1.29, 1.82) is 0 Å². The van der Waals surface area contributed by atoms with Crippen molar-refractivity contribution >= 4 is 50.6 Å². The minimum absolute atomic E-state index is 0.0562. The van der Waals surface area contributed by atoms with Crippen LogP contribution in [0.25, 0.3) is 20.7 Å². The molecule has 3 aromatic heterocycles. The fourth-order valence-corrected chi connectivity index (χ4v) is 5.19. The van der Waals surface area contributed by atoms with E-state index in [2.05, 4.69) is 16.9 Å². The summed E-state index contributed by atoms with van der Waals surface area (Å²) in [7, 11) is 0. The van der Waals surface area contributed by atoms with Gasteiger partial charge in [0.25, 0.3) is 5.56 Å². The zero-order valence-electron chi connectivity index (χ0n) is 15.2. The minimum atomic E-state index is -0.0885. The van der Waals surface area contributed by atoms with E-state index in [0.29, 0.717) is 21.9 Å². The predicted molar refractivity (Wildman–Crippen MR) is 116 cm³/mol. The van der Waals surface area contributed by atoms with E-state index >= 15 is 0 Å². The van der Waals surface area contributed by atoms with Crippen molar-refractivity contribution in [2.45, 2.75) is 38.0 Å². The van der Waals surface area contributed by atoms with E-state index in [1.165, 1.54) is 23.1 Å². The van der Waals surface area contributed by atoms with Crippen molar-refractivity contribution in [2.24, 2.45) is 0 Å². The van der Waals surface area contributed by atoms with Gasteiger partial charge < -0.3 is 5.32 Å². The second kappa shape index (κ2) is 8.86. The number of allylic oxidation sites excluding steroid dienone is 1. The molecule has 0 fully saturated rings. The van der Waals surface area contributed by atoms with Crippen molar-refractivity contribution < 1.29 is 4.79 Å². The molecule has 0 saturated carbocycles. The predicted octanol–water partition coefficient (Wildman–Crippen LogP) is 4.38. The van der Waals surface area contributed by atoms with E-state index in [9.17, 15) is 9.59 Å². The second-order valence-corrected chi connectivity index (χ2v) is 8.82. The van der Waals surface area contributed by atoms with Crippen molar-refractivity contribution in [1.82, 2.24) is 14.9 Å². The maximum absolute atomic E-state index is 13.2. The van der Waals surface area contributed by atoms with Crippen LogP contribution in [0, 0.1) is 0 Å². The number of carbonyl (C=O) groups is 1. The molecule has 27 heavy (non-hydrogen) atoms. The first kappa shape index (κ1) is 19.9. The summed E-state index contributed by atoms with van der Waals surface area (Å²) in [6.07, 6.45) is 2.55. The molecule has 8 heteroatoms. The summed E-state index contributed by atoms with van der Waals surface area (Å²) in [5.74, 6) is 0.169. The van der Waals surface area contributed by atoms with E-state index in [1.807, 2.05) is 36.7 Å². The maximum atomic E-state index is 13.2. The number of fused-ring (bicyclic) bond motifs is 1. The number of carbonyl (C=O) groups excluding carboxylic acids is 1. The van der Waals surface area contributed by atoms with Gasteiger partial charge in [0.2, 0.25) is 5.91 Å². The number of nitrogens with zero attached hydrogens (tertiary/aromatic N) is 2. The summed E-state index contributed by atoms with van der Waals surface area (Å²) in [6.45, 7) is 8.11. The van der Waals surface area contributed by atoms with E-state index in [0.717, 1.165) is 16.9 Å². The first-order valence-electron chi connectivity index (χ1n) is 8.64. The third kappa shape index (κ3) is 4.34. The molecule has 142 valence electrons. The Kier molecular flexibility index (Phi) is 6.51. The fraction of sp³-hybridized carbons (Fsp3) is 0.316. The number of nitrogens with one attached hydrogen (secondary N) is 1. The molecule has 0 unspecified atom stereocenters. The number of thiophene rings is 2. The number of thioether (sulfide) groups is 1. The molecule has 1 amide bonds. The van der Waals surface area contributed by atoms with Crippen LogP contribution in [0.2, 0.25) is 0 Å². The van der Waals surface area contributed by atoms with Gasteiger partial charge in [-0.05, 0) is 24.8 Å². The van der Waals surface area contributed by atoms with Gasteiger partial charge >= 0.3 is 0 Å². The third-order valence-corrected chi connectivity index (χ3v) is 6.86. The normalized spacial score (nSPS) is 12.2. The van der Waals surface area contributed by atoms with Crippen LogP contribution in [0.1, 0.15) is 20.3 Å². The molecule has 0 radical (unpaired) electrons. The molecule has 3 rings (SSSR count). The molecule has 0 aliphatic heterocycles. The highest BCUT2D eigenvalue weighted by molar-refractivity contribution is 7.99. The average molecular weight is 420 g/mol. The molecule has 0 saturated heterocycles. The van der Waals surface area contributed by atoms with E-state index in [1.54, 1.807) is 22.0 Å². The molecule has 0 aliphatic rings. The van der Waals surface area contributed by atoms with Crippen LogP contribution in [0.15, 0.2) is 45.5 Å². The summed E-state index contributed by atoms with van der Waals surface area (Å²) >= 11 is 4.34. The lowest BCUT2D eigenvalue weighted by Crippen LogP contribution is -2.33. The van der Waals surface area contributed by atoms with Crippen LogP contribution in [0.5, 0.6) is 0 Å². The fourth-order valence-electron chi connectivity index (χ4n) is 2.57. The molecule has 1 N–H and O–H groups in total. The Bertz CT molecular complexity index is 1010. The van der Waals surface area contributed by atoms with E-state index < -0.39 is 0 Å². The Hall–Kier alpha value is -1.90. The molecule has 0 bridgehead atoms. The average Bonchev–Trinajstić information content (AvgIpc) is 3.31. The minimum Gasteiger partial charge on any atom is -0.353 e. The molecule has 3 aromatic rings. The number of amides is 1. The molecule has 5 nitrogen and oxygen atoms in total. The van der Waals surface area contributed by atoms with Gasteiger partial charge in [-0.3, -0.25) is 14.2 Å². The number of hydrogen-bond donors (Lipinski definition) is 1. The van der Waals surface area contributed by atoms with E-state index in [4.69, 9.17) is 0 Å². The van der Waals surface area contributed by atoms with Gasteiger partial charge in [0.05, 0.1) is 11.1 Å². The Balaban J connectivity index is 1.96. The SMILES string of the molecule is C=CCn1c(SCC(=O)N[C@H](C)CC)nc2scc(-c3cccs3)c2c1=O. The largest absolute Gasteiger partial charge is 0.353 e. The van der Waals surface area contributed by atoms with Crippen LogP contribution in [0.3, 0.4) is 0 Å². The van der Waals surface area contributed by atoms with Gasteiger partial charge in [-0.2, -0.15) is 0 Å². The van der Waals surface area contributed by atoms with Crippen LogP contribution in [-0.4, -0.2) is 27.3 Å². The Morgan fingerprint density at radius 3 is 2.96 bits per heavy atom. The number of aromatic nitrogens is 2. The highest BCUT2D eigenvalue weighted by atomic mass is 32.2. The first-order valence-corrected chi connectivity index (χ1v) is 11.4. The summed E-state index contributed by atoms with van der Waals surface area (Å²) in [6, 6.07) is 4.11. The third-order valence-electron chi connectivity index (χ3n) is 4.11. The van der Waals surface area contributed by atoms with E-state index in [-0.39, 0.29) is 23.3 Å². The molecule has 3 heterocycles. The van der Waals surface area contributed by atoms with Crippen LogP contribution in [-0.2, 0) is 11.3 Å². The maximum Gasteiger partial charge on any atom is 0.263 e. The highest BCUT2D eigenvalue weighted by Gasteiger charge is 2.18. The summed E-state index contributed by atoms with van der Waals surface area (Å²) in [5, 5.41) is 8.09. The van der Waals surface area contributed by atoms with Crippen molar-refractivity contribution in [2.75, 3.05) is 5.75 Å². The Labute approximate surface area is 170 Å². The molecule has 0 aromatic carbocycles. The Morgan fingerprint density at radius 2 is 2.30 bits per heavy atom. The van der Waals surface area contributed by atoms with Crippen LogP contribution >= 0.6 is 34.4 Å². The number of hydrogen-bond acceptors (Lipinski definition) is 6. The highest BCUT2D eigenvalue weighted by Crippen LogP contribution is 2.34. The van der Waals surface area contributed by atoms with Crippen LogP contribution < -0.4 is 10.9 Å². The summed E-state index contributed by atoms with van der Waals surface area (Å²) in [4.78, 5) is 31.7. The topological polar surface area (TPSA) is 64.0 Å². The van der Waals surface area contributed by atoms with Crippen LogP contribution in [0.4, 0.5) is 0 Å². The van der Waals surface area contributed by atoms with Gasteiger partial charge in [0.15, 0.2) is 5.16 Å². The lowest BCUT2D eigenvalue weighted by Gasteiger charge is -2.13. The van der Waals surface area contributed by atoms with Gasteiger partial charge in [0.1, 0.15) is 4.83 Å². The molecule has 0 spiro atoms. The summed E-state index contributed by atoms with van der Waals surface area (Å²) in [5.41, 5.74) is 0.834. The van der Waals surface area contributed by atoms with Gasteiger partial charge in [0, 0.05) is 28.4 Å². The lowest BCUT2D eigenvalue weighted by atomic mass is 10.2. The molecular formula is C19H21N3O2S3. The summed E-state index contributed by atoms with van der Waals surface area (Å²) < 4.78 is 1.60. The van der Waals surface area contributed by atoms with Crippen molar-refractivity contribution in [3.05, 3.63) is 45.9 Å². The zero-order chi connectivity index (χ0) is 19.4. The van der Waals surface area contributed by atoms with Gasteiger partial charge in [-0.15, -0.1) is 29.3 Å². The quantitative estimate of drug-likeness (QED) is 0.334. The first-order chi connectivity index (χ1) is 13.0. The van der Waals surface area contributed by atoms with Crippen molar-refractivity contribution in [3.63, 3.8) is 0 Å². The van der Waals surface area contributed by atoms with Crippen molar-refractivity contribution in [3.8, 4) is 10.4 Å². The standard InChI is InChI=1S/C19H21N3O2S3/c1-4-8-22-18(24)16-13(14-7-6-9-25-14)10-26-17(16)21-19(22)27-11-15(23)20-12(3)5-2/h4,6-7,9-10,12H,1,5,8,11H2,2-3H3,(H,20,23)/t12-/m1/s1. The smallest absolute Gasteiger partial charge is 0.263 e.